The highest BCUT2D eigenvalue weighted by molar-refractivity contribution is 5.51. The van der Waals surface area contributed by atoms with Crippen molar-refractivity contribution >= 4 is 0 Å². The standard InChI is InChI=1S/C27H47N3/c1-8-19(2)13-20(3)14-25-9-10-26(18-30-25)29-12-11-24-15-21(4)27(16-24)23(6)22(5)17-28-7/h13,16,19,25-26,28-30H,8-12,14-15,17-18H2,1-7H3/b20-13+,23-22+. The van der Waals surface area contributed by atoms with Gasteiger partial charge in [-0.3, -0.25) is 0 Å². The Morgan fingerprint density at radius 1 is 1.27 bits per heavy atom. The lowest BCUT2D eigenvalue weighted by molar-refractivity contribution is 0.325. The van der Waals surface area contributed by atoms with Gasteiger partial charge in [-0.1, -0.05) is 54.7 Å². The second-order valence-corrected chi connectivity index (χ2v) is 9.80. The van der Waals surface area contributed by atoms with Gasteiger partial charge in [0.25, 0.3) is 0 Å². The molecule has 1 aliphatic carbocycles. The fourth-order valence-electron chi connectivity index (χ4n) is 4.79. The van der Waals surface area contributed by atoms with Gasteiger partial charge < -0.3 is 16.0 Å². The zero-order chi connectivity index (χ0) is 22.1. The van der Waals surface area contributed by atoms with Gasteiger partial charge in [0.05, 0.1) is 0 Å². The van der Waals surface area contributed by atoms with E-state index in [1.54, 1.807) is 11.1 Å². The predicted molar refractivity (Wildman–Crippen MR) is 133 cm³/mol. The van der Waals surface area contributed by atoms with E-state index in [4.69, 9.17) is 0 Å². The number of allylic oxidation sites excluding steroid dienone is 5. The van der Waals surface area contributed by atoms with Gasteiger partial charge in [-0.05, 0) is 90.5 Å². The van der Waals surface area contributed by atoms with Crippen LogP contribution in [-0.2, 0) is 0 Å². The molecule has 3 N–H and O–H groups in total. The number of rotatable bonds is 11. The third kappa shape index (κ3) is 7.83. The molecule has 3 nitrogen and oxygen atoms in total. The highest BCUT2D eigenvalue weighted by atomic mass is 15.0. The summed E-state index contributed by atoms with van der Waals surface area (Å²) in [5, 5.41) is 10.9. The average molecular weight is 414 g/mol. The smallest absolute Gasteiger partial charge is 0.0193 e. The fourth-order valence-corrected chi connectivity index (χ4v) is 4.79. The zero-order valence-electron chi connectivity index (χ0n) is 20.8. The van der Waals surface area contributed by atoms with Crippen LogP contribution in [0, 0.1) is 5.92 Å². The van der Waals surface area contributed by atoms with Crippen molar-refractivity contribution in [3.05, 3.63) is 45.6 Å². The molecule has 0 amide bonds. The highest BCUT2D eigenvalue weighted by Gasteiger charge is 2.21. The lowest BCUT2D eigenvalue weighted by atomic mass is 9.94. The molecule has 3 atom stereocenters. The molecule has 0 radical (unpaired) electrons. The Hall–Kier alpha value is -1.16. The van der Waals surface area contributed by atoms with Crippen LogP contribution >= 0.6 is 0 Å². The van der Waals surface area contributed by atoms with E-state index in [1.165, 1.54) is 48.0 Å². The van der Waals surface area contributed by atoms with Gasteiger partial charge in [0.2, 0.25) is 0 Å². The van der Waals surface area contributed by atoms with Crippen LogP contribution in [-0.4, -0.2) is 38.8 Å². The number of hydrogen-bond acceptors (Lipinski definition) is 3. The van der Waals surface area contributed by atoms with E-state index in [-0.39, 0.29) is 0 Å². The second kappa shape index (κ2) is 12.6. The summed E-state index contributed by atoms with van der Waals surface area (Å²) in [6.45, 7) is 16.9. The van der Waals surface area contributed by atoms with Crippen molar-refractivity contribution in [1.82, 2.24) is 16.0 Å². The molecule has 0 spiro atoms. The van der Waals surface area contributed by atoms with Gasteiger partial charge >= 0.3 is 0 Å². The lowest BCUT2D eigenvalue weighted by Crippen LogP contribution is -2.48. The third-order valence-corrected chi connectivity index (χ3v) is 6.96. The molecule has 1 heterocycles. The molecule has 0 bridgehead atoms. The maximum Gasteiger partial charge on any atom is 0.0193 e. The first-order valence-corrected chi connectivity index (χ1v) is 12.2. The molecule has 0 aromatic carbocycles. The van der Waals surface area contributed by atoms with Gasteiger partial charge in [0.15, 0.2) is 0 Å². The van der Waals surface area contributed by atoms with Gasteiger partial charge in [-0.15, -0.1) is 0 Å². The minimum absolute atomic E-state index is 0.620. The van der Waals surface area contributed by atoms with E-state index in [9.17, 15) is 0 Å². The molecule has 170 valence electrons. The van der Waals surface area contributed by atoms with Gasteiger partial charge in [0, 0.05) is 25.2 Å². The van der Waals surface area contributed by atoms with Crippen LogP contribution in [0.25, 0.3) is 0 Å². The molecule has 1 fully saturated rings. The summed E-state index contributed by atoms with van der Waals surface area (Å²) in [5.74, 6) is 0.707. The summed E-state index contributed by atoms with van der Waals surface area (Å²) >= 11 is 0. The first-order valence-electron chi connectivity index (χ1n) is 12.2. The Labute approximate surface area is 186 Å². The Bertz CT molecular complexity index is 672. The van der Waals surface area contributed by atoms with Gasteiger partial charge in [0.1, 0.15) is 0 Å². The van der Waals surface area contributed by atoms with Crippen LogP contribution in [0.2, 0.25) is 0 Å². The van der Waals surface area contributed by atoms with Crippen LogP contribution in [0.5, 0.6) is 0 Å². The van der Waals surface area contributed by atoms with Crippen LogP contribution in [0.3, 0.4) is 0 Å². The minimum atomic E-state index is 0.620. The zero-order valence-corrected chi connectivity index (χ0v) is 20.8. The number of piperidine rings is 1. The van der Waals surface area contributed by atoms with Crippen LogP contribution in [0.4, 0.5) is 0 Å². The van der Waals surface area contributed by atoms with E-state index < -0.39 is 0 Å². The van der Waals surface area contributed by atoms with Crippen LogP contribution in [0.1, 0.15) is 80.1 Å². The Morgan fingerprint density at radius 3 is 2.67 bits per heavy atom. The van der Waals surface area contributed by atoms with Crippen molar-refractivity contribution in [3.8, 4) is 0 Å². The van der Waals surface area contributed by atoms with Crippen LogP contribution in [0.15, 0.2) is 45.6 Å². The summed E-state index contributed by atoms with van der Waals surface area (Å²) in [6.07, 6.45) is 12.2. The summed E-state index contributed by atoms with van der Waals surface area (Å²) in [7, 11) is 2.02. The third-order valence-electron chi connectivity index (χ3n) is 6.96. The summed E-state index contributed by atoms with van der Waals surface area (Å²) < 4.78 is 0. The molecule has 2 rings (SSSR count). The number of hydrogen-bond donors (Lipinski definition) is 3. The summed E-state index contributed by atoms with van der Waals surface area (Å²) in [6, 6.07) is 1.28. The maximum absolute atomic E-state index is 3.81. The van der Waals surface area contributed by atoms with E-state index in [0.29, 0.717) is 18.0 Å². The lowest BCUT2D eigenvalue weighted by Gasteiger charge is -2.31. The second-order valence-electron chi connectivity index (χ2n) is 9.80. The molecule has 30 heavy (non-hydrogen) atoms. The SMILES string of the molecule is CCC(C)/C=C(\C)CC1CCC(NCCC2=CC(/C(C)=C(\C)CNC)=C(C)C2)CN1. The topological polar surface area (TPSA) is 36.1 Å². The molecule has 3 unspecified atom stereocenters. The molecule has 0 saturated carbocycles. The minimum Gasteiger partial charge on any atom is -0.316 e. The normalized spacial score (nSPS) is 24.8. The fraction of sp³-hybridized carbons (Fsp3) is 0.704. The van der Waals surface area contributed by atoms with Crippen molar-refractivity contribution < 1.29 is 0 Å². The number of nitrogens with one attached hydrogen (secondary N) is 3. The largest absolute Gasteiger partial charge is 0.316 e. The van der Waals surface area contributed by atoms with E-state index >= 15 is 0 Å². The molecular weight excluding hydrogens is 366 g/mol. The first kappa shape index (κ1) is 25.1. The monoisotopic (exact) mass is 413 g/mol. The molecular formula is C27H47N3. The van der Waals surface area contributed by atoms with Crippen molar-refractivity contribution in [2.45, 2.75) is 92.2 Å². The summed E-state index contributed by atoms with van der Waals surface area (Å²) in [5.41, 5.74) is 9.03. The van der Waals surface area contributed by atoms with E-state index in [2.05, 4.69) is 69.6 Å². The van der Waals surface area contributed by atoms with Crippen LogP contribution < -0.4 is 16.0 Å². The predicted octanol–water partition coefficient (Wildman–Crippen LogP) is 5.67. The van der Waals surface area contributed by atoms with Gasteiger partial charge in [-0.25, -0.2) is 0 Å². The molecule has 0 aromatic rings. The first-order chi connectivity index (χ1) is 14.3. The summed E-state index contributed by atoms with van der Waals surface area (Å²) in [4.78, 5) is 0. The average Bonchev–Trinajstić information content (AvgIpc) is 3.09. The van der Waals surface area contributed by atoms with Crippen molar-refractivity contribution in [2.75, 3.05) is 26.7 Å². The molecule has 1 saturated heterocycles. The Balaban J connectivity index is 1.72. The molecule has 2 aliphatic rings. The Kier molecular flexibility index (Phi) is 10.6. The molecule has 1 aliphatic heterocycles. The maximum atomic E-state index is 3.81. The van der Waals surface area contributed by atoms with Gasteiger partial charge in [-0.2, -0.15) is 0 Å². The number of likely N-dealkylation sites (N-methyl/N-ethyl adjacent to an activating group) is 1. The van der Waals surface area contributed by atoms with E-state index in [1.807, 2.05) is 7.05 Å². The van der Waals surface area contributed by atoms with Crippen molar-refractivity contribution in [3.63, 3.8) is 0 Å². The van der Waals surface area contributed by atoms with Crippen molar-refractivity contribution in [2.24, 2.45) is 5.92 Å². The molecule has 3 heteroatoms. The Morgan fingerprint density at radius 2 is 2.03 bits per heavy atom. The highest BCUT2D eigenvalue weighted by Crippen LogP contribution is 2.32. The van der Waals surface area contributed by atoms with E-state index in [0.717, 1.165) is 32.5 Å². The van der Waals surface area contributed by atoms with Crippen molar-refractivity contribution in [1.29, 1.82) is 0 Å². The molecule has 0 aromatic heterocycles. The quantitative estimate of drug-likeness (QED) is 0.382.